The Kier molecular flexibility index (Phi) is 3.58. The van der Waals surface area contributed by atoms with E-state index >= 15 is 0 Å². The minimum Gasteiger partial charge on any atom is -0.492 e. The van der Waals surface area contributed by atoms with E-state index in [1.54, 1.807) is 11.8 Å². The SMILES string of the molecule is C[Si](C)(C)CSc1snc(O)c1C#N. The molecule has 1 rings (SSSR count). The number of aromatic hydroxyl groups is 1. The fraction of sp³-hybridized carbons (Fsp3) is 0.500. The summed E-state index contributed by atoms with van der Waals surface area (Å²) in [4.78, 5) is 0. The van der Waals surface area contributed by atoms with E-state index in [0.717, 1.165) is 9.59 Å². The van der Waals surface area contributed by atoms with Crippen LogP contribution in [0.5, 0.6) is 5.88 Å². The predicted molar refractivity (Wildman–Crippen MR) is 62.6 cm³/mol. The van der Waals surface area contributed by atoms with E-state index < -0.39 is 8.07 Å². The van der Waals surface area contributed by atoms with E-state index in [0.29, 0.717) is 5.56 Å². The van der Waals surface area contributed by atoms with Gasteiger partial charge in [0.25, 0.3) is 0 Å². The van der Waals surface area contributed by atoms with Crippen LogP contribution in [0.15, 0.2) is 4.21 Å². The van der Waals surface area contributed by atoms with Gasteiger partial charge in [-0.15, -0.1) is 11.8 Å². The Morgan fingerprint density at radius 3 is 2.71 bits per heavy atom. The Labute approximate surface area is 92.9 Å². The second-order valence-electron chi connectivity index (χ2n) is 4.13. The molecule has 1 aromatic heterocycles. The summed E-state index contributed by atoms with van der Waals surface area (Å²) in [6.45, 7) is 6.81. The Morgan fingerprint density at radius 2 is 2.21 bits per heavy atom. The van der Waals surface area contributed by atoms with Gasteiger partial charge < -0.3 is 5.11 Å². The normalized spacial score (nSPS) is 11.3. The molecule has 0 spiro atoms. The van der Waals surface area contributed by atoms with E-state index in [4.69, 9.17) is 5.26 Å². The van der Waals surface area contributed by atoms with Crippen LogP contribution in [0, 0.1) is 11.3 Å². The average Bonchev–Trinajstić information content (AvgIpc) is 2.41. The van der Waals surface area contributed by atoms with Gasteiger partial charge in [-0.05, 0) is 16.9 Å². The minimum atomic E-state index is -1.12. The van der Waals surface area contributed by atoms with Crippen LogP contribution in [0.4, 0.5) is 0 Å². The van der Waals surface area contributed by atoms with Gasteiger partial charge in [0.05, 0.1) is 8.07 Å². The maximum atomic E-state index is 9.24. The van der Waals surface area contributed by atoms with E-state index in [2.05, 4.69) is 24.0 Å². The molecule has 1 heterocycles. The van der Waals surface area contributed by atoms with Gasteiger partial charge in [-0.2, -0.15) is 9.64 Å². The zero-order valence-electron chi connectivity index (χ0n) is 8.37. The third kappa shape index (κ3) is 3.01. The summed E-state index contributed by atoms with van der Waals surface area (Å²) in [5, 5.41) is 19.1. The van der Waals surface area contributed by atoms with Gasteiger partial charge in [0.1, 0.15) is 15.8 Å². The lowest BCUT2D eigenvalue weighted by atomic mass is 10.4. The van der Waals surface area contributed by atoms with E-state index in [9.17, 15) is 5.11 Å². The lowest BCUT2D eigenvalue weighted by Crippen LogP contribution is -2.23. The first-order valence-electron chi connectivity index (χ1n) is 4.15. The summed E-state index contributed by atoms with van der Waals surface area (Å²) in [5.74, 6) is -0.129. The van der Waals surface area contributed by atoms with Crippen molar-refractivity contribution in [1.29, 1.82) is 5.26 Å². The Bertz CT molecular complexity index is 364. The van der Waals surface area contributed by atoms with Gasteiger partial charge in [-0.3, -0.25) is 0 Å². The standard InChI is InChI=1S/C8H12N2OS2Si/c1-14(2,3)5-12-8-6(4-9)7(11)10-13-8/h5H2,1-3H3,(H,10,11). The molecule has 0 unspecified atom stereocenters. The summed E-state index contributed by atoms with van der Waals surface area (Å²) in [7, 11) is -1.12. The molecule has 0 aliphatic carbocycles. The monoisotopic (exact) mass is 244 g/mol. The fourth-order valence-electron chi connectivity index (χ4n) is 0.743. The van der Waals surface area contributed by atoms with E-state index in [1.165, 1.54) is 11.5 Å². The first kappa shape index (κ1) is 11.6. The molecule has 76 valence electrons. The van der Waals surface area contributed by atoms with Crippen molar-refractivity contribution in [2.24, 2.45) is 0 Å². The average molecular weight is 244 g/mol. The molecule has 0 amide bonds. The van der Waals surface area contributed by atoms with Crippen molar-refractivity contribution in [3.05, 3.63) is 5.56 Å². The van der Waals surface area contributed by atoms with Gasteiger partial charge >= 0.3 is 0 Å². The summed E-state index contributed by atoms with van der Waals surface area (Å²) in [6.07, 6.45) is 0. The van der Waals surface area contributed by atoms with Crippen molar-refractivity contribution in [2.45, 2.75) is 23.9 Å². The molecular formula is C8H12N2OS2Si. The summed E-state index contributed by atoms with van der Waals surface area (Å²) in [6, 6.07) is 1.97. The molecule has 1 aromatic rings. The van der Waals surface area contributed by atoms with Crippen LogP contribution in [0.3, 0.4) is 0 Å². The number of nitriles is 1. The highest BCUT2D eigenvalue weighted by atomic mass is 32.2. The lowest BCUT2D eigenvalue weighted by Gasteiger charge is -2.13. The van der Waals surface area contributed by atoms with E-state index in [-0.39, 0.29) is 5.88 Å². The molecule has 0 saturated carbocycles. The highest BCUT2D eigenvalue weighted by Crippen LogP contribution is 2.33. The summed E-state index contributed by atoms with van der Waals surface area (Å²) < 4.78 is 4.60. The van der Waals surface area contributed by atoms with Crippen LogP contribution >= 0.6 is 23.3 Å². The van der Waals surface area contributed by atoms with Crippen LogP contribution in [-0.4, -0.2) is 22.9 Å². The fourth-order valence-corrected chi connectivity index (χ4v) is 4.62. The molecule has 0 saturated heterocycles. The first-order chi connectivity index (χ1) is 6.44. The molecule has 6 heteroatoms. The summed E-state index contributed by atoms with van der Waals surface area (Å²) >= 11 is 2.84. The van der Waals surface area contributed by atoms with Gasteiger partial charge in [-0.25, -0.2) is 0 Å². The van der Waals surface area contributed by atoms with Crippen LogP contribution in [0.1, 0.15) is 5.56 Å². The third-order valence-electron chi connectivity index (χ3n) is 1.39. The molecule has 0 aliphatic heterocycles. The predicted octanol–water partition coefficient (Wildman–Crippen LogP) is 2.69. The highest BCUT2D eigenvalue weighted by molar-refractivity contribution is 8.02. The lowest BCUT2D eigenvalue weighted by molar-refractivity contribution is 0.457. The molecule has 0 aliphatic rings. The van der Waals surface area contributed by atoms with Gasteiger partial charge in [0.15, 0.2) is 0 Å². The van der Waals surface area contributed by atoms with E-state index in [1.807, 2.05) is 6.07 Å². The number of hydrogen-bond acceptors (Lipinski definition) is 5. The number of hydrogen-bond donors (Lipinski definition) is 1. The van der Waals surface area contributed by atoms with Gasteiger partial charge in [-0.1, -0.05) is 19.6 Å². The number of rotatable bonds is 3. The zero-order valence-corrected chi connectivity index (χ0v) is 11.0. The Hall–Kier alpha value is -0.513. The van der Waals surface area contributed by atoms with Gasteiger partial charge in [0, 0.05) is 0 Å². The van der Waals surface area contributed by atoms with Gasteiger partial charge in [0.2, 0.25) is 5.88 Å². The number of aromatic nitrogens is 1. The van der Waals surface area contributed by atoms with Crippen molar-refractivity contribution < 1.29 is 5.11 Å². The van der Waals surface area contributed by atoms with Crippen molar-refractivity contribution >= 4 is 31.4 Å². The molecule has 0 radical (unpaired) electrons. The highest BCUT2D eigenvalue weighted by Gasteiger charge is 2.18. The smallest absolute Gasteiger partial charge is 0.242 e. The van der Waals surface area contributed by atoms with Crippen molar-refractivity contribution in [3.8, 4) is 11.9 Å². The first-order valence-corrected chi connectivity index (χ1v) is 9.62. The van der Waals surface area contributed by atoms with Crippen molar-refractivity contribution in [2.75, 3.05) is 5.38 Å². The number of thioether (sulfide) groups is 1. The third-order valence-corrected chi connectivity index (χ3v) is 7.11. The number of nitrogens with zero attached hydrogens (tertiary/aromatic N) is 2. The largest absolute Gasteiger partial charge is 0.492 e. The maximum absolute atomic E-state index is 9.24. The van der Waals surface area contributed by atoms with Crippen molar-refractivity contribution in [3.63, 3.8) is 0 Å². The van der Waals surface area contributed by atoms with Crippen LogP contribution in [0.2, 0.25) is 19.6 Å². The Morgan fingerprint density at radius 1 is 1.57 bits per heavy atom. The molecule has 14 heavy (non-hydrogen) atoms. The topological polar surface area (TPSA) is 56.9 Å². The minimum absolute atomic E-state index is 0.129. The molecule has 1 N–H and O–H groups in total. The second-order valence-corrected chi connectivity index (χ2v) is 12.1. The molecule has 0 bridgehead atoms. The molecule has 0 aromatic carbocycles. The van der Waals surface area contributed by atoms with Crippen LogP contribution < -0.4 is 0 Å². The maximum Gasteiger partial charge on any atom is 0.242 e. The Balaban J connectivity index is 2.74. The zero-order chi connectivity index (χ0) is 10.8. The molecule has 0 fully saturated rings. The second kappa shape index (κ2) is 4.34. The quantitative estimate of drug-likeness (QED) is 0.656. The molecule has 0 atom stereocenters. The molecule has 3 nitrogen and oxygen atoms in total. The van der Waals surface area contributed by atoms with Crippen molar-refractivity contribution in [1.82, 2.24) is 4.37 Å². The molecular weight excluding hydrogens is 232 g/mol. The summed E-state index contributed by atoms with van der Waals surface area (Å²) in [5.41, 5.74) is 0.332. The van der Waals surface area contributed by atoms with Crippen LogP contribution in [0.25, 0.3) is 0 Å². The van der Waals surface area contributed by atoms with Crippen LogP contribution in [-0.2, 0) is 0 Å².